The highest BCUT2D eigenvalue weighted by Gasteiger charge is 2.52. The molecule has 0 spiro atoms. The lowest BCUT2D eigenvalue weighted by atomic mass is 9.76. The van der Waals surface area contributed by atoms with Crippen LogP contribution in [0.2, 0.25) is 0 Å². The largest absolute Gasteiger partial charge is 0.273 e. The molecule has 0 N–H and O–H groups in total. The van der Waals surface area contributed by atoms with E-state index in [9.17, 15) is 13.2 Å². The number of carbonyl (C=O) groups excluding carboxylic acids is 1. The molecule has 4 nitrogen and oxygen atoms in total. The Labute approximate surface area is 177 Å². The van der Waals surface area contributed by atoms with Gasteiger partial charge in [0.1, 0.15) is 0 Å². The molecule has 0 atom stereocenters. The Hall–Kier alpha value is -1.62. The van der Waals surface area contributed by atoms with Crippen molar-refractivity contribution >= 4 is 15.9 Å². The zero-order valence-electron chi connectivity index (χ0n) is 18.4. The maximum atomic E-state index is 13.5. The Morgan fingerprint density at radius 1 is 0.931 bits per heavy atom. The van der Waals surface area contributed by atoms with Gasteiger partial charge in [-0.3, -0.25) is 4.79 Å². The second-order valence-electron chi connectivity index (χ2n) is 8.53. The number of rotatable bonds is 12. The van der Waals surface area contributed by atoms with Gasteiger partial charge in [0.2, 0.25) is 5.91 Å². The number of sulfonamides is 1. The van der Waals surface area contributed by atoms with Crippen molar-refractivity contribution in [3.05, 3.63) is 42.1 Å². The van der Waals surface area contributed by atoms with Crippen LogP contribution in [0.1, 0.15) is 90.0 Å². The SMILES string of the molecule is C=C1CC(CCCCCC)(CCCCCC)C(=O)N1S(=O)(=O)c1ccc(C)cc1. The average Bonchev–Trinajstić information content (AvgIpc) is 2.93. The van der Waals surface area contributed by atoms with Crippen LogP contribution in [0.4, 0.5) is 0 Å². The molecular formula is C24H37NO3S. The molecule has 0 bridgehead atoms. The molecule has 0 saturated carbocycles. The Balaban J connectivity index is 2.27. The van der Waals surface area contributed by atoms with Crippen molar-refractivity contribution in [2.75, 3.05) is 0 Å². The Morgan fingerprint density at radius 2 is 1.45 bits per heavy atom. The molecule has 0 radical (unpaired) electrons. The minimum Gasteiger partial charge on any atom is -0.273 e. The lowest BCUT2D eigenvalue weighted by molar-refractivity contribution is -0.132. The number of carbonyl (C=O) groups is 1. The maximum absolute atomic E-state index is 13.5. The average molecular weight is 420 g/mol. The summed E-state index contributed by atoms with van der Waals surface area (Å²) in [6.07, 6.45) is 10.6. The van der Waals surface area contributed by atoms with E-state index >= 15 is 0 Å². The minimum absolute atomic E-state index is 0.158. The van der Waals surface area contributed by atoms with Gasteiger partial charge in [0, 0.05) is 12.1 Å². The number of amides is 1. The predicted molar refractivity (Wildman–Crippen MR) is 119 cm³/mol. The van der Waals surface area contributed by atoms with E-state index in [0.29, 0.717) is 12.1 Å². The lowest BCUT2D eigenvalue weighted by Crippen LogP contribution is -2.38. The number of hydrogen-bond acceptors (Lipinski definition) is 3. The summed E-state index contributed by atoms with van der Waals surface area (Å²) in [6.45, 7) is 10.2. The van der Waals surface area contributed by atoms with Gasteiger partial charge in [-0.25, -0.2) is 12.7 Å². The van der Waals surface area contributed by atoms with E-state index in [0.717, 1.165) is 74.1 Å². The third-order valence-electron chi connectivity index (χ3n) is 6.04. The highest BCUT2D eigenvalue weighted by Crippen LogP contribution is 2.48. The fourth-order valence-electron chi connectivity index (χ4n) is 4.29. The molecule has 0 aromatic heterocycles. The molecule has 5 heteroatoms. The van der Waals surface area contributed by atoms with Crippen LogP contribution in [-0.2, 0) is 14.8 Å². The van der Waals surface area contributed by atoms with E-state index in [1.165, 1.54) is 0 Å². The van der Waals surface area contributed by atoms with E-state index in [1.807, 2.05) is 6.92 Å². The van der Waals surface area contributed by atoms with Crippen LogP contribution in [0.25, 0.3) is 0 Å². The smallest absolute Gasteiger partial charge is 0.270 e. The molecule has 1 heterocycles. The summed E-state index contributed by atoms with van der Waals surface area (Å²) in [6, 6.07) is 6.68. The number of hydrogen-bond donors (Lipinski definition) is 0. The molecule has 1 aliphatic rings. The van der Waals surface area contributed by atoms with Gasteiger partial charge in [-0.1, -0.05) is 89.5 Å². The number of nitrogens with zero attached hydrogens (tertiary/aromatic N) is 1. The van der Waals surface area contributed by atoms with E-state index in [2.05, 4.69) is 20.4 Å². The molecule has 29 heavy (non-hydrogen) atoms. The predicted octanol–water partition coefficient (Wildman–Crippen LogP) is 6.36. The van der Waals surface area contributed by atoms with Gasteiger partial charge in [0.05, 0.1) is 10.3 Å². The Kier molecular flexibility index (Phi) is 8.50. The molecular weight excluding hydrogens is 382 g/mol. The molecule has 1 aromatic carbocycles. The molecule has 1 fully saturated rings. The van der Waals surface area contributed by atoms with Crippen molar-refractivity contribution in [1.29, 1.82) is 0 Å². The second-order valence-corrected chi connectivity index (χ2v) is 10.3. The van der Waals surface area contributed by atoms with Gasteiger partial charge in [-0.05, 0) is 31.9 Å². The van der Waals surface area contributed by atoms with Crippen molar-refractivity contribution < 1.29 is 13.2 Å². The third kappa shape index (κ3) is 5.50. The highest BCUT2D eigenvalue weighted by molar-refractivity contribution is 7.89. The van der Waals surface area contributed by atoms with Crippen molar-refractivity contribution in [3.63, 3.8) is 0 Å². The van der Waals surface area contributed by atoms with E-state index in [1.54, 1.807) is 24.3 Å². The molecule has 1 aromatic rings. The maximum Gasteiger partial charge on any atom is 0.270 e. The molecule has 1 aliphatic heterocycles. The lowest BCUT2D eigenvalue weighted by Gasteiger charge is -2.27. The van der Waals surface area contributed by atoms with E-state index in [4.69, 9.17) is 0 Å². The normalized spacial score (nSPS) is 16.6. The Bertz CT molecular complexity index is 784. The Morgan fingerprint density at radius 3 is 1.93 bits per heavy atom. The summed E-state index contributed by atoms with van der Waals surface area (Å²) in [5.74, 6) is -0.268. The van der Waals surface area contributed by atoms with Crippen LogP contribution >= 0.6 is 0 Å². The quantitative estimate of drug-likeness (QED) is 0.371. The summed E-state index contributed by atoms with van der Waals surface area (Å²) >= 11 is 0. The first kappa shape index (κ1) is 23.7. The zero-order chi connectivity index (χ0) is 21.5. The third-order valence-corrected chi connectivity index (χ3v) is 7.82. The van der Waals surface area contributed by atoms with Crippen LogP contribution in [0, 0.1) is 12.3 Å². The zero-order valence-corrected chi connectivity index (χ0v) is 19.2. The first-order chi connectivity index (χ1) is 13.8. The summed E-state index contributed by atoms with van der Waals surface area (Å²) in [5, 5.41) is 0. The first-order valence-corrected chi connectivity index (χ1v) is 12.6. The van der Waals surface area contributed by atoms with Crippen LogP contribution in [0.3, 0.4) is 0 Å². The van der Waals surface area contributed by atoms with Gasteiger partial charge < -0.3 is 0 Å². The van der Waals surface area contributed by atoms with Gasteiger partial charge in [-0.2, -0.15) is 0 Å². The van der Waals surface area contributed by atoms with Crippen molar-refractivity contribution in [2.45, 2.75) is 96.3 Å². The number of allylic oxidation sites excluding steroid dienone is 1. The first-order valence-electron chi connectivity index (χ1n) is 11.1. The van der Waals surface area contributed by atoms with Crippen LogP contribution < -0.4 is 0 Å². The summed E-state index contributed by atoms with van der Waals surface area (Å²) in [7, 11) is -3.91. The number of aryl methyl sites for hydroxylation is 1. The van der Waals surface area contributed by atoms with Crippen LogP contribution in [0.5, 0.6) is 0 Å². The number of benzene rings is 1. The van der Waals surface area contributed by atoms with Gasteiger partial charge in [0.15, 0.2) is 0 Å². The standard InChI is InChI=1S/C24H37NO3S/c1-5-7-9-11-17-24(18-12-10-8-6-2)19-21(4)25(23(24)26)29(27,28)22-15-13-20(3)14-16-22/h13-16H,4-12,17-19H2,1-3H3. The topological polar surface area (TPSA) is 54.5 Å². The van der Waals surface area contributed by atoms with E-state index < -0.39 is 15.4 Å². The number of unbranched alkanes of at least 4 members (excludes halogenated alkanes) is 6. The highest BCUT2D eigenvalue weighted by atomic mass is 32.2. The van der Waals surface area contributed by atoms with Gasteiger partial charge in [-0.15, -0.1) is 0 Å². The van der Waals surface area contributed by atoms with Crippen molar-refractivity contribution in [3.8, 4) is 0 Å². The van der Waals surface area contributed by atoms with Crippen molar-refractivity contribution in [1.82, 2.24) is 4.31 Å². The molecule has 0 aliphatic carbocycles. The van der Waals surface area contributed by atoms with Crippen LogP contribution in [0.15, 0.2) is 41.4 Å². The van der Waals surface area contributed by atoms with Gasteiger partial charge >= 0.3 is 0 Å². The van der Waals surface area contributed by atoms with E-state index in [-0.39, 0.29) is 10.8 Å². The molecule has 2 rings (SSSR count). The fourth-order valence-corrected chi connectivity index (χ4v) is 5.80. The minimum atomic E-state index is -3.91. The van der Waals surface area contributed by atoms with Crippen LogP contribution in [-0.4, -0.2) is 18.6 Å². The summed E-state index contributed by atoms with van der Waals surface area (Å²) in [4.78, 5) is 13.7. The monoisotopic (exact) mass is 419 g/mol. The molecule has 162 valence electrons. The van der Waals surface area contributed by atoms with Gasteiger partial charge in [0.25, 0.3) is 10.0 Å². The molecule has 1 amide bonds. The molecule has 0 unspecified atom stereocenters. The van der Waals surface area contributed by atoms with Crippen molar-refractivity contribution in [2.24, 2.45) is 5.41 Å². The second kappa shape index (κ2) is 10.4. The summed E-state index contributed by atoms with van der Waals surface area (Å²) < 4.78 is 27.5. The fraction of sp³-hybridized carbons (Fsp3) is 0.625. The molecule has 1 saturated heterocycles. The summed E-state index contributed by atoms with van der Waals surface area (Å²) in [5.41, 5.74) is 0.786.